The highest BCUT2D eigenvalue weighted by atomic mass is 16.2. The SMILES string of the molecule is CCn1nc(CN(C)CCCCCO)c2ccccc21. The highest BCUT2D eigenvalue weighted by molar-refractivity contribution is 5.81. The molecule has 0 fully saturated rings. The minimum atomic E-state index is 0.301. The Balaban J connectivity index is 2.02. The first-order valence-electron chi connectivity index (χ1n) is 7.50. The topological polar surface area (TPSA) is 41.3 Å². The van der Waals surface area contributed by atoms with Gasteiger partial charge in [-0.2, -0.15) is 5.10 Å². The molecule has 1 heterocycles. The van der Waals surface area contributed by atoms with Gasteiger partial charge < -0.3 is 10.0 Å². The molecule has 0 saturated carbocycles. The maximum Gasteiger partial charge on any atom is 0.0843 e. The molecule has 0 aliphatic heterocycles. The molecule has 0 aliphatic carbocycles. The first-order chi connectivity index (χ1) is 9.76. The Morgan fingerprint density at radius 1 is 1.20 bits per heavy atom. The monoisotopic (exact) mass is 275 g/mol. The molecular formula is C16H25N3O. The average molecular weight is 275 g/mol. The zero-order valence-corrected chi connectivity index (χ0v) is 12.5. The number of aliphatic hydroxyl groups is 1. The van der Waals surface area contributed by atoms with Gasteiger partial charge in [-0.1, -0.05) is 18.2 Å². The molecule has 0 bridgehead atoms. The van der Waals surface area contributed by atoms with E-state index in [9.17, 15) is 0 Å². The smallest absolute Gasteiger partial charge is 0.0843 e. The summed E-state index contributed by atoms with van der Waals surface area (Å²) in [6, 6.07) is 8.44. The van der Waals surface area contributed by atoms with Crippen molar-refractivity contribution in [2.24, 2.45) is 0 Å². The van der Waals surface area contributed by atoms with Crippen LogP contribution in [0.4, 0.5) is 0 Å². The molecule has 0 radical (unpaired) electrons. The number of benzene rings is 1. The summed E-state index contributed by atoms with van der Waals surface area (Å²) < 4.78 is 2.07. The molecule has 0 spiro atoms. The van der Waals surface area contributed by atoms with Crippen molar-refractivity contribution in [3.05, 3.63) is 30.0 Å². The van der Waals surface area contributed by atoms with Crippen molar-refractivity contribution in [2.75, 3.05) is 20.2 Å². The fourth-order valence-corrected chi connectivity index (χ4v) is 2.56. The van der Waals surface area contributed by atoms with E-state index < -0.39 is 0 Å². The van der Waals surface area contributed by atoms with Crippen LogP contribution in [0, 0.1) is 0 Å². The Kier molecular flexibility index (Phi) is 5.56. The van der Waals surface area contributed by atoms with Gasteiger partial charge in [0.15, 0.2) is 0 Å². The van der Waals surface area contributed by atoms with E-state index in [1.54, 1.807) is 0 Å². The summed E-state index contributed by atoms with van der Waals surface area (Å²) in [4.78, 5) is 2.31. The fraction of sp³-hybridized carbons (Fsp3) is 0.562. The van der Waals surface area contributed by atoms with Crippen LogP contribution in [0.3, 0.4) is 0 Å². The number of nitrogens with zero attached hydrogens (tertiary/aromatic N) is 3. The standard InChI is InChI=1S/C16H25N3O/c1-3-19-16-10-6-5-9-14(16)15(17-19)13-18(2)11-7-4-8-12-20/h5-6,9-10,20H,3-4,7-8,11-13H2,1-2H3. The van der Waals surface area contributed by atoms with Crippen LogP contribution in [-0.2, 0) is 13.1 Å². The van der Waals surface area contributed by atoms with Crippen LogP contribution in [0.25, 0.3) is 10.9 Å². The molecule has 110 valence electrons. The molecule has 1 aromatic heterocycles. The lowest BCUT2D eigenvalue weighted by Gasteiger charge is -2.15. The van der Waals surface area contributed by atoms with E-state index in [4.69, 9.17) is 10.2 Å². The number of fused-ring (bicyclic) bond motifs is 1. The van der Waals surface area contributed by atoms with E-state index >= 15 is 0 Å². The summed E-state index contributed by atoms with van der Waals surface area (Å²) in [7, 11) is 2.14. The molecular weight excluding hydrogens is 250 g/mol. The summed E-state index contributed by atoms with van der Waals surface area (Å²) in [5.41, 5.74) is 2.38. The van der Waals surface area contributed by atoms with Crippen LogP contribution in [-0.4, -0.2) is 40.0 Å². The van der Waals surface area contributed by atoms with Crippen LogP contribution in [0.15, 0.2) is 24.3 Å². The van der Waals surface area contributed by atoms with Crippen molar-refractivity contribution in [1.29, 1.82) is 0 Å². The van der Waals surface area contributed by atoms with E-state index in [1.165, 1.54) is 10.9 Å². The third-order valence-electron chi connectivity index (χ3n) is 3.65. The Bertz CT molecular complexity index is 536. The number of unbranched alkanes of at least 4 members (excludes halogenated alkanes) is 2. The van der Waals surface area contributed by atoms with Gasteiger partial charge in [-0.05, 0) is 45.8 Å². The van der Waals surface area contributed by atoms with Gasteiger partial charge in [-0.15, -0.1) is 0 Å². The van der Waals surface area contributed by atoms with Gasteiger partial charge in [0.2, 0.25) is 0 Å². The van der Waals surface area contributed by atoms with Crippen molar-refractivity contribution in [1.82, 2.24) is 14.7 Å². The molecule has 4 nitrogen and oxygen atoms in total. The summed E-state index contributed by atoms with van der Waals surface area (Å²) in [5, 5.41) is 14.8. The molecule has 4 heteroatoms. The number of para-hydroxylation sites is 1. The van der Waals surface area contributed by atoms with E-state index in [-0.39, 0.29) is 0 Å². The molecule has 1 N–H and O–H groups in total. The molecule has 0 unspecified atom stereocenters. The second-order valence-electron chi connectivity index (χ2n) is 5.30. The number of aromatic nitrogens is 2. The Labute approximate surface area is 121 Å². The third kappa shape index (κ3) is 3.58. The fourth-order valence-electron chi connectivity index (χ4n) is 2.56. The second kappa shape index (κ2) is 7.41. The molecule has 2 aromatic rings. The third-order valence-corrected chi connectivity index (χ3v) is 3.65. The lowest BCUT2D eigenvalue weighted by molar-refractivity contribution is 0.270. The van der Waals surface area contributed by atoms with Gasteiger partial charge in [-0.25, -0.2) is 0 Å². The van der Waals surface area contributed by atoms with E-state index in [1.807, 2.05) is 0 Å². The van der Waals surface area contributed by atoms with Gasteiger partial charge in [0.1, 0.15) is 0 Å². The van der Waals surface area contributed by atoms with Gasteiger partial charge in [0.25, 0.3) is 0 Å². The van der Waals surface area contributed by atoms with Crippen molar-refractivity contribution >= 4 is 10.9 Å². The molecule has 0 atom stereocenters. The predicted molar refractivity (Wildman–Crippen MR) is 82.7 cm³/mol. The molecule has 2 rings (SSSR count). The van der Waals surface area contributed by atoms with Crippen molar-refractivity contribution in [3.63, 3.8) is 0 Å². The minimum Gasteiger partial charge on any atom is -0.396 e. The van der Waals surface area contributed by atoms with Gasteiger partial charge in [-0.3, -0.25) is 4.68 Å². The van der Waals surface area contributed by atoms with E-state index in [0.29, 0.717) is 6.61 Å². The number of rotatable bonds is 8. The lowest BCUT2D eigenvalue weighted by Crippen LogP contribution is -2.19. The molecule has 0 saturated heterocycles. The van der Waals surface area contributed by atoms with Crippen LogP contribution in [0.1, 0.15) is 31.9 Å². The number of aliphatic hydroxyl groups excluding tert-OH is 1. The normalized spacial score (nSPS) is 11.6. The van der Waals surface area contributed by atoms with Gasteiger partial charge in [0, 0.05) is 25.1 Å². The number of hydrogen-bond donors (Lipinski definition) is 1. The Hall–Kier alpha value is -1.39. The van der Waals surface area contributed by atoms with Crippen molar-refractivity contribution in [3.8, 4) is 0 Å². The Morgan fingerprint density at radius 3 is 2.75 bits per heavy atom. The zero-order valence-electron chi connectivity index (χ0n) is 12.5. The van der Waals surface area contributed by atoms with E-state index in [0.717, 1.165) is 44.6 Å². The molecule has 1 aromatic carbocycles. The van der Waals surface area contributed by atoms with Gasteiger partial charge >= 0.3 is 0 Å². The largest absolute Gasteiger partial charge is 0.396 e. The van der Waals surface area contributed by atoms with Crippen molar-refractivity contribution < 1.29 is 5.11 Å². The first kappa shape index (κ1) is 15.0. The van der Waals surface area contributed by atoms with Gasteiger partial charge in [0.05, 0.1) is 11.2 Å². The van der Waals surface area contributed by atoms with E-state index in [2.05, 4.69) is 47.8 Å². The number of aryl methyl sites for hydroxylation is 1. The summed E-state index contributed by atoms with van der Waals surface area (Å²) in [5.74, 6) is 0. The average Bonchev–Trinajstić information content (AvgIpc) is 2.82. The predicted octanol–water partition coefficient (Wildman–Crippen LogP) is 2.65. The van der Waals surface area contributed by atoms with Crippen LogP contribution in [0.5, 0.6) is 0 Å². The maximum absolute atomic E-state index is 8.79. The molecule has 0 aliphatic rings. The summed E-state index contributed by atoms with van der Waals surface area (Å²) >= 11 is 0. The second-order valence-corrected chi connectivity index (χ2v) is 5.30. The summed E-state index contributed by atoms with van der Waals surface area (Å²) in [6.07, 6.45) is 3.12. The van der Waals surface area contributed by atoms with Crippen LogP contribution >= 0.6 is 0 Å². The lowest BCUT2D eigenvalue weighted by atomic mass is 10.2. The maximum atomic E-state index is 8.79. The highest BCUT2D eigenvalue weighted by Gasteiger charge is 2.10. The highest BCUT2D eigenvalue weighted by Crippen LogP contribution is 2.19. The summed E-state index contributed by atoms with van der Waals surface area (Å²) in [6.45, 7) is 5.26. The number of hydrogen-bond acceptors (Lipinski definition) is 3. The molecule has 20 heavy (non-hydrogen) atoms. The van der Waals surface area contributed by atoms with Crippen LogP contribution < -0.4 is 0 Å². The van der Waals surface area contributed by atoms with Crippen LogP contribution in [0.2, 0.25) is 0 Å². The quantitative estimate of drug-likeness (QED) is 0.753. The Morgan fingerprint density at radius 2 is 2.00 bits per heavy atom. The minimum absolute atomic E-state index is 0.301. The zero-order chi connectivity index (χ0) is 14.4. The van der Waals surface area contributed by atoms with Crippen molar-refractivity contribution in [2.45, 2.75) is 39.3 Å². The molecule has 0 amide bonds. The first-order valence-corrected chi connectivity index (χ1v) is 7.50.